The molecule has 1 saturated heterocycles. The van der Waals surface area contributed by atoms with E-state index < -0.39 is 0 Å². The largest absolute Gasteiger partial charge is 0.393 e. The maximum absolute atomic E-state index is 11.7. The maximum Gasteiger partial charge on any atom is 0.257 e. The van der Waals surface area contributed by atoms with Crippen LogP contribution in [0.15, 0.2) is 0 Å². The molecule has 0 spiro atoms. The van der Waals surface area contributed by atoms with E-state index in [2.05, 4.69) is 14.6 Å². The van der Waals surface area contributed by atoms with E-state index in [1.54, 1.807) is 7.05 Å². The number of hydrogen-bond acceptors (Lipinski definition) is 6. The summed E-state index contributed by atoms with van der Waals surface area (Å²) in [5, 5.41) is 12.8. The molecule has 0 aromatic carbocycles. The molecule has 1 aliphatic heterocycles. The molecule has 1 aromatic heterocycles. The highest BCUT2D eigenvalue weighted by molar-refractivity contribution is 7.11. The van der Waals surface area contributed by atoms with Crippen molar-refractivity contribution in [1.29, 1.82) is 0 Å². The van der Waals surface area contributed by atoms with Crippen LogP contribution in [0.3, 0.4) is 0 Å². The van der Waals surface area contributed by atoms with Crippen molar-refractivity contribution in [2.45, 2.75) is 18.9 Å². The van der Waals surface area contributed by atoms with Crippen LogP contribution in [0, 0.1) is 0 Å². The lowest BCUT2D eigenvalue weighted by Crippen LogP contribution is -2.36. The highest BCUT2D eigenvalue weighted by atomic mass is 32.1. The predicted molar refractivity (Wildman–Crippen MR) is 67.4 cm³/mol. The molecule has 2 heterocycles. The number of piperidine rings is 1. The Labute approximate surface area is 104 Å². The second-order valence-corrected chi connectivity index (χ2v) is 4.80. The van der Waals surface area contributed by atoms with Crippen molar-refractivity contribution >= 4 is 28.3 Å². The topological polar surface area (TPSA) is 91.5 Å². The average Bonchev–Trinajstić information content (AvgIpc) is 2.71. The van der Waals surface area contributed by atoms with Crippen LogP contribution in [0.25, 0.3) is 0 Å². The fraction of sp³-hybridized carbons (Fsp3) is 0.600. The molecule has 0 radical (unpaired) electrons. The van der Waals surface area contributed by atoms with E-state index in [-0.39, 0.29) is 17.8 Å². The van der Waals surface area contributed by atoms with Gasteiger partial charge in [-0.25, -0.2) is 0 Å². The van der Waals surface area contributed by atoms with Gasteiger partial charge in [-0.05, 0) is 24.4 Å². The number of nitrogens with zero attached hydrogens (tertiary/aromatic N) is 2. The number of nitrogens with two attached hydrogens (primary N) is 1. The van der Waals surface area contributed by atoms with Crippen molar-refractivity contribution in [3.05, 3.63) is 5.56 Å². The van der Waals surface area contributed by atoms with Gasteiger partial charge in [-0.3, -0.25) is 4.79 Å². The molecule has 1 amide bonds. The van der Waals surface area contributed by atoms with Gasteiger partial charge in [-0.1, -0.05) is 0 Å². The molecule has 2 rings (SSSR count). The number of amides is 1. The molecular weight excluding hydrogens is 240 g/mol. The molecule has 0 unspecified atom stereocenters. The van der Waals surface area contributed by atoms with Crippen LogP contribution in [0.1, 0.15) is 23.2 Å². The smallest absolute Gasteiger partial charge is 0.257 e. The van der Waals surface area contributed by atoms with Crippen LogP contribution in [-0.2, 0) is 0 Å². The lowest BCUT2D eigenvalue weighted by atomic mass is 10.1. The second kappa shape index (κ2) is 4.89. The molecule has 4 N–H and O–H groups in total. The standard InChI is InChI=1S/C10H16N4O2S/c1-12-9(16)7-8(11)13-17-10(7)14-4-2-6(15)3-5-14/h6,15H,2-5H2,1H3,(H2,11,13)(H,12,16). The van der Waals surface area contributed by atoms with Crippen LogP contribution in [0.2, 0.25) is 0 Å². The summed E-state index contributed by atoms with van der Waals surface area (Å²) < 4.78 is 4.03. The number of carbonyl (C=O) groups excluding carboxylic acids is 1. The number of aliphatic hydroxyl groups is 1. The summed E-state index contributed by atoms with van der Waals surface area (Å²) in [6.45, 7) is 1.46. The Kier molecular flexibility index (Phi) is 3.49. The zero-order chi connectivity index (χ0) is 12.4. The normalized spacial score (nSPS) is 17.2. The number of nitrogen functional groups attached to an aromatic ring is 1. The lowest BCUT2D eigenvalue weighted by molar-refractivity contribution is 0.0964. The summed E-state index contributed by atoms with van der Waals surface area (Å²) in [6.07, 6.45) is 1.19. The van der Waals surface area contributed by atoms with Gasteiger partial charge in [0.1, 0.15) is 10.6 Å². The van der Waals surface area contributed by atoms with Crippen molar-refractivity contribution in [2.75, 3.05) is 30.8 Å². The van der Waals surface area contributed by atoms with Gasteiger partial charge < -0.3 is 21.1 Å². The Morgan fingerprint density at radius 2 is 2.24 bits per heavy atom. The minimum absolute atomic E-state index is 0.211. The third kappa shape index (κ3) is 2.34. The molecule has 1 fully saturated rings. The van der Waals surface area contributed by atoms with E-state index in [0.717, 1.165) is 18.1 Å². The molecule has 0 atom stereocenters. The Morgan fingerprint density at radius 1 is 1.59 bits per heavy atom. The third-order valence-corrected chi connectivity index (χ3v) is 3.83. The van der Waals surface area contributed by atoms with E-state index in [0.29, 0.717) is 18.4 Å². The first-order valence-electron chi connectivity index (χ1n) is 5.53. The molecule has 0 saturated carbocycles. The summed E-state index contributed by atoms with van der Waals surface area (Å²) in [4.78, 5) is 13.8. The molecule has 7 heteroatoms. The van der Waals surface area contributed by atoms with Crippen molar-refractivity contribution in [2.24, 2.45) is 0 Å². The number of aliphatic hydroxyl groups excluding tert-OH is 1. The van der Waals surface area contributed by atoms with Gasteiger partial charge in [0, 0.05) is 20.1 Å². The fourth-order valence-electron chi connectivity index (χ4n) is 1.92. The quantitative estimate of drug-likeness (QED) is 0.695. The Balaban J connectivity index is 2.23. The van der Waals surface area contributed by atoms with Crippen LogP contribution < -0.4 is 16.0 Å². The summed E-state index contributed by atoms with van der Waals surface area (Å²) in [7, 11) is 1.57. The number of aromatic nitrogens is 1. The molecule has 17 heavy (non-hydrogen) atoms. The minimum Gasteiger partial charge on any atom is -0.393 e. The Hall–Kier alpha value is -1.34. The van der Waals surface area contributed by atoms with Gasteiger partial charge in [-0.2, -0.15) is 4.37 Å². The first-order valence-corrected chi connectivity index (χ1v) is 6.31. The fourth-order valence-corrected chi connectivity index (χ4v) is 2.78. The van der Waals surface area contributed by atoms with Gasteiger partial charge in [0.05, 0.1) is 6.10 Å². The Morgan fingerprint density at radius 3 is 2.82 bits per heavy atom. The highest BCUT2D eigenvalue weighted by Crippen LogP contribution is 2.32. The number of rotatable bonds is 2. The molecule has 94 valence electrons. The van der Waals surface area contributed by atoms with Gasteiger partial charge in [-0.15, -0.1) is 0 Å². The Bertz CT molecular complexity index is 412. The van der Waals surface area contributed by atoms with Gasteiger partial charge >= 0.3 is 0 Å². The molecular formula is C10H16N4O2S. The zero-order valence-electron chi connectivity index (χ0n) is 9.64. The van der Waals surface area contributed by atoms with E-state index in [1.165, 1.54) is 11.5 Å². The summed E-state index contributed by atoms with van der Waals surface area (Å²) in [5.41, 5.74) is 6.17. The van der Waals surface area contributed by atoms with E-state index in [9.17, 15) is 9.90 Å². The van der Waals surface area contributed by atoms with Gasteiger partial charge in [0.15, 0.2) is 5.82 Å². The van der Waals surface area contributed by atoms with E-state index in [1.807, 2.05) is 0 Å². The third-order valence-electron chi connectivity index (χ3n) is 2.91. The van der Waals surface area contributed by atoms with Gasteiger partial charge in [0.2, 0.25) is 0 Å². The van der Waals surface area contributed by atoms with Crippen molar-refractivity contribution in [1.82, 2.24) is 9.69 Å². The number of carbonyl (C=O) groups is 1. The monoisotopic (exact) mass is 256 g/mol. The number of hydrogen-bond donors (Lipinski definition) is 3. The number of nitrogens with one attached hydrogen (secondary N) is 1. The van der Waals surface area contributed by atoms with Crippen molar-refractivity contribution in [3.8, 4) is 0 Å². The van der Waals surface area contributed by atoms with Crippen molar-refractivity contribution < 1.29 is 9.90 Å². The zero-order valence-corrected chi connectivity index (χ0v) is 10.5. The van der Waals surface area contributed by atoms with Gasteiger partial charge in [0.25, 0.3) is 5.91 Å². The van der Waals surface area contributed by atoms with E-state index in [4.69, 9.17) is 5.73 Å². The summed E-state index contributed by atoms with van der Waals surface area (Å²) >= 11 is 1.24. The molecule has 6 nitrogen and oxygen atoms in total. The minimum atomic E-state index is -0.236. The predicted octanol–water partition coefficient (Wildman–Crippen LogP) is 0.0460. The van der Waals surface area contributed by atoms with Crippen LogP contribution in [-0.4, -0.2) is 41.6 Å². The average molecular weight is 256 g/mol. The first kappa shape index (κ1) is 12.1. The van der Waals surface area contributed by atoms with Crippen LogP contribution >= 0.6 is 11.5 Å². The maximum atomic E-state index is 11.7. The molecule has 0 bridgehead atoms. The van der Waals surface area contributed by atoms with Crippen LogP contribution in [0.5, 0.6) is 0 Å². The number of anilines is 2. The first-order chi connectivity index (χ1) is 8.13. The summed E-state index contributed by atoms with van der Waals surface area (Å²) in [5.74, 6) is 0.0628. The molecule has 1 aromatic rings. The van der Waals surface area contributed by atoms with Crippen molar-refractivity contribution in [3.63, 3.8) is 0 Å². The molecule has 0 aliphatic carbocycles. The van der Waals surface area contributed by atoms with Crippen LogP contribution in [0.4, 0.5) is 10.8 Å². The second-order valence-electron chi connectivity index (χ2n) is 4.05. The lowest BCUT2D eigenvalue weighted by Gasteiger charge is -2.30. The molecule has 1 aliphatic rings. The van der Waals surface area contributed by atoms with E-state index >= 15 is 0 Å². The summed E-state index contributed by atoms with van der Waals surface area (Å²) in [6, 6.07) is 0. The SMILES string of the molecule is CNC(=O)c1c(N)nsc1N1CCC(O)CC1. The highest BCUT2D eigenvalue weighted by Gasteiger charge is 2.25.